The highest BCUT2D eigenvalue weighted by Gasteiger charge is 2.44. The number of likely N-dealkylation sites (tertiary alicyclic amines) is 1. The highest BCUT2D eigenvalue weighted by atomic mass is 35.5. The van der Waals surface area contributed by atoms with Crippen LogP contribution in [-0.2, 0) is 9.59 Å². The van der Waals surface area contributed by atoms with Crippen molar-refractivity contribution in [2.75, 3.05) is 33.3 Å². The Kier molecular flexibility index (Phi) is 8.48. The van der Waals surface area contributed by atoms with E-state index in [9.17, 15) is 24.8 Å². The lowest BCUT2D eigenvalue weighted by molar-refractivity contribution is -0.896. The number of carbonyl (C=O) groups excluding carboxylic acids is 2. The molecule has 1 aliphatic heterocycles. The van der Waals surface area contributed by atoms with Gasteiger partial charge >= 0.3 is 0 Å². The summed E-state index contributed by atoms with van der Waals surface area (Å²) in [5, 5.41) is 25.1. The number of Topliss-reactive ketones (excluding diaryl/α,β-unsaturated/α-hetero) is 1. The number of nitro groups is 1. The van der Waals surface area contributed by atoms with Crippen molar-refractivity contribution in [3.8, 4) is 5.75 Å². The maximum absolute atomic E-state index is 13.5. The predicted octanol–water partition coefficient (Wildman–Crippen LogP) is 1.80. The molecular weight excluding hydrogens is 474 g/mol. The third-order valence-corrected chi connectivity index (χ3v) is 6.56. The number of halogens is 1. The van der Waals surface area contributed by atoms with E-state index < -0.39 is 28.4 Å². The molecule has 1 fully saturated rings. The molecule has 2 aromatic rings. The van der Waals surface area contributed by atoms with Crippen LogP contribution in [0.4, 0.5) is 5.69 Å². The lowest BCUT2D eigenvalue weighted by Gasteiger charge is -2.28. The van der Waals surface area contributed by atoms with Crippen LogP contribution < -0.4 is 14.7 Å². The van der Waals surface area contributed by atoms with Gasteiger partial charge in [0.1, 0.15) is 5.75 Å². The highest BCUT2D eigenvalue weighted by Crippen LogP contribution is 2.40. The fourth-order valence-electron chi connectivity index (χ4n) is 4.32. The second-order valence-corrected chi connectivity index (χ2v) is 8.64. The summed E-state index contributed by atoms with van der Waals surface area (Å²) in [5.74, 6) is -1.99. The van der Waals surface area contributed by atoms with Crippen LogP contribution in [0.3, 0.4) is 0 Å². The minimum Gasteiger partial charge on any atom is -0.872 e. The normalized spacial score (nSPS) is 17.3. The highest BCUT2D eigenvalue weighted by molar-refractivity contribution is 6.46. The number of ketones is 1. The zero-order chi connectivity index (χ0) is 25.7. The van der Waals surface area contributed by atoms with E-state index in [1.807, 2.05) is 0 Å². The fourth-order valence-corrected chi connectivity index (χ4v) is 4.58. The molecule has 0 aromatic heterocycles. The van der Waals surface area contributed by atoms with E-state index in [-0.39, 0.29) is 28.4 Å². The predicted molar refractivity (Wildman–Crippen MR) is 129 cm³/mol. The van der Waals surface area contributed by atoms with Gasteiger partial charge in [0.25, 0.3) is 11.6 Å². The first-order chi connectivity index (χ1) is 16.7. The molecule has 3 rings (SSSR count). The average Bonchev–Trinajstić information content (AvgIpc) is 3.11. The van der Waals surface area contributed by atoms with E-state index in [1.54, 1.807) is 6.07 Å². The Morgan fingerprint density at radius 2 is 1.89 bits per heavy atom. The number of carbonyl (C=O) groups is 2. The summed E-state index contributed by atoms with van der Waals surface area (Å²) in [6.07, 6.45) is 0.608. The van der Waals surface area contributed by atoms with Crippen LogP contribution >= 0.6 is 11.6 Å². The lowest BCUT2D eigenvalue weighted by Crippen LogP contribution is -3.11. The SMILES string of the molecule is CC[NH+](CC)CCCN1C(=O)C(=O)C(=C([O-])c2ccc(OC)c(Cl)c2)C1c1cccc([N+](=O)[O-])c1. The zero-order valence-electron chi connectivity index (χ0n) is 19.9. The van der Waals surface area contributed by atoms with Gasteiger partial charge in [-0.15, -0.1) is 0 Å². The molecule has 0 aliphatic carbocycles. The number of quaternary nitrogens is 1. The minimum atomic E-state index is -1.03. The number of nitro benzene ring substituents is 1. The average molecular weight is 502 g/mol. The topological polar surface area (TPSA) is 117 Å². The smallest absolute Gasteiger partial charge is 0.295 e. The number of nitrogens with zero attached hydrogens (tertiary/aromatic N) is 2. The first-order valence-corrected chi connectivity index (χ1v) is 11.8. The summed E-state index contributed by atoms with van der Waals surface area (Å²) in [6.45, 7) is 7.00. The minimum absolute atomic E-state index is 0.122. The summed E-state index contributed by atoms with van der Waals surface area (Å²) in [7, 11) is 1.44. The summed E-state index contributed by atoms with van der Waals surface area (Å²) < 4.78 is 5.12. The van der Waals surface area contributed by atoms with Gasteiger partial charge in [-0.05, 0) is 37.1 Å². The number of rotatable bonds is 10. The van der Waals surface area contributed by atoms with Crippen molar-refractivity contribution in [2.24, 2.45) is 0 Å². The van der Waals surface area contributed by atoms with Crippen molar-refractivity contribution >= 4 is 34.7 Å². The van der Waals surface area contributed by atoms with Crippen LogP contribution in [0.1, 0.15) is 37.4 Å². The Morgan fingerprint density at radius 3 is 2.49 bits per heavy atom. The zero-order valence-corrected chi connectivity index (χ0v) is 20.6. The molecule has 1 aliphatic rings. The van der Waals surface area contributed by atoms with Crippen molar-refractivity contribution in [3.05, 3.63) is 74.3 Å². The second kappa shape index (κ2) is 11.3. The van der Waals surface area contributed by atoms with Crippen molar-refractivity contribution in [3.63, 3.8) is 0 Å². The number of hydrogen-bond donors (Lipinski definition) is 1. The van der Waals surface area contributed by atoms with Crippen molar-refractivity contribution in [2.45, 2.75) is 26.3 Å². The molecule has 186 valence electrons. The molecule has 9 nitrogen and oxygen atoms in total. The van der Waals surface area contributed by atoms with E-state index in [2.05, 4.69) is 13.8 Å². The first-order valence-electron chi connectivity index (χ1n) is 11.4. The molecule has 1 atom stereocenters. The van der Waals surface area contributed by atoms with E-state index in [1.165, 1.54) is 53.3 Å². The molecule has 1 amide bonds. The molecule has 2 aromatic carbocycles. The number of nitrogens with one attached hydrogen (secondary N) is 1. The molecule has 1 N–H and O–H groups in total. The Morgan fingerprint density at radius 1 is 1.17 bits per heavy atom. The quantitative estimate of drug-likeness (QED) is 0.174. The van der Waals surface area contributed by atoms with E-state index in [0.717, 1.165) is 19.6 Å². The van der Waals surface area contributed by atoms with E-state index >= 15 is 0 Å². The van der Waals surface area contributed by atoms with Gasteiger partial charge in [0.2, 0.25) is 5.78 Å². The molecule has 0 spiro atoms. The third-order valence-electron chi connectivity index (χ3n) is 6.27. The monoisotopic (exact) mass is 501 g/mol. The molecule has 0 radical (unpaired) electrons. The van der Waals surface area contributed by atoms with Crippen LogP contribution in [0.15, 0.2) is 48.0 Å². The lowest BCUT2D eigenvalue weighted by atomic mass is 9.95. The molecule has 0 saturated carbocycles. The third kappa shape index (κ3) is 5.47. The van der Waals surface area contributed by atoms with Gasteiger partial charge in [-0.2, -0.15) is 0 Å². The molecule has 10 heteroatoms. The van der Waals surface area contributed by atoms with Gasteiger partial charge in [0, 0.05) is 30.7 Å². The molecule has 35 heavy (non-hydrogen) atoms. The second-order valence-electron chi connectivity index (χ2n) is 8.24. The van der Waals surface area contributed by atoms with E-state index in [4.69, 9.17) is 16.3 Å². The van der Waals surface area contributed by atoms with Gasteiger partial charge in [-0.3, -0.25) is 19.7 Å². The molecular formula is C25H28ClN3O6. The molecule has 0 bridgehead atoms. The first kappa shape index (κ1) is 26.2. The number of benzene rings is 2. The van der Waals surface area contributed by atoms with Gasteiger partial charge in [-0.25, -0.2) is 0 Å². The molecule has 1 heterocycles. The van der Waals surface area contributed by atoms with Crippen LogP contribution in [0, 0.1) is 10.1 Å². The van der Waals surface area contributed by atoms with Crippen molar-refractivity contribution < 1.29 is 29.3 Å². The largest absolute Gasteiger partial charge is 0.872 e. The van der Waals surface area contributed by atoms with Gasteiger partial charge in [0.05, 0.1) is 42.7 Å². The van der Waals surface area contributed by atoms with E-state index in [0.29, 0.717) is 17.7 Å². The Balaban J connectivity index is 2.10. The van der Waals surface area contributed by atoms with Gasteiger partial charge < -0.3 is 19.6 Å². The number of amides is 1. The standard InChI is InChI=1S/C25H28ClN3O6/c1-4-27(5-2)12-7-13-28-22(16-8-6-9-18(14-16)29(33)34)21(24(31)25(28)32)23(30)17-10-11-20(35-3)19(26)15-17/h6,8-11,14-15,22,30H,4-5,7,12-13H2,1-3H3. The van der Waals surface area contributed by atoms with Crippen LogP contribution in [0.2, 0.25) is 5.02 Å². The summed E-state index contributed by atoms with van der Waals surface area (Å²) in [6, 6.07) is 9.00. The Bertz CT molecular complexity index is 1160. The Labute approximate surface area is 208 Å². The number of methoxy groups -OCH3 is 1. The number of non-ortho nitro benzene ring substituents is 1. The fraction of sp³-hybridized carbons (Fsp3) is 0.360. The van der Waals surface area contributed by atoms with Crippen LogP contribution in [0.25, 0.3) is 5.76 Å². The van der Waals surface area contributed by atoms with Crippen molar-refractivity contribution in [1.82, 2.24) is 4.90 Å². The Hall–Kier alpha value is -3.43. The molecule has 1 unspecified atom stereocenters. The summed E-state index contributed by atoms with van der Waals surface area (Å²) in [4.78, 5) is 39.7. The van der Waals surface area contributed by atoms with Gasteiger partial charge in [0.15, 0.2) is 0 Å². The number of ether oxygens (including phenoxy) is 1. The maximum atomic E-state index is 13.5. The maximum Gasteiger partial charge on any atom is 0.295 e. The van der Waals surface area contributed by atoms with Crippen LogP contribution in [-0.4, -0.2) is 54.8 Å². The summed E-state index contributed by atoms with van der Waals surface area (Å²) in [5.41, 5.74) is 0.0152. The number of hydrogen-bond acceptors (Lipinski definition) is 6. The molecule has 1 saturated heterocycles. The van der Waals surface area contributed by atoms with Gasteiger partial charge in [-0.1, -0.05) is 35.6 Å². The van der Waals surface area contributed by atoms with Crippen molar-refractivity contribution in [1.29, 1.82) is 0 Å². The summed E-state index contributed by atoms with van der Waals surface area (Å²) >= 11 is 6.18. The van der Waals surface area contributed by atoms with Crippen LogP contribution in [0.5, 0.6) is 5.75 Å².